The van der Waals surface area contributed by atoms with Crippen molar-refractivity contribution >= 4 is 5.91 Å². The number of rotatable bonds is 5. The van der Waals surface area contributed by atoms with Crippen molar-refractivity contribution in [3.05, 3.63) is 59.4 Å². The number of aromatic nitrogens is 1. The van der Waals surface area contributed by atoms with Gasteiger partial charge in [-0.05, 0) is 48.7 Å². The highest BCUT2D eigenvalue weighted by molar-refractivity contribution is 5.77. The molecule has 1 unspecified atom stereocenters. The Morgan fingerprint density at radius 1 is 1.32 bits per heavy atom. The van der Waals surface area contributed by atoms with Gasteiger partial charge in [0.05, 0.1) is 19.1 Å². The van der Waals surface area contributed by atoms with Crippen LogP contribution in [0.25, 0.3) is 0 Å². The maximum Gasteiger partial charge on any atom is 0.226 e. The normalized spacial score (nSPS) is 17.4. The Morgan fingerprint density at radius 2 is 2.12 bits per heavy atom. The fraction of sp³-hybridized carbons (Fsp3) is 0.400. The van der Waals surface area contributed by atoms with E-state index in [9.17, 15) is 4.79 Å². The first kappa shape index (κ1) is 17.4. The Kier molecular flexibility index (Phi) is 5.66. The number of ether oxygens (including phenoxy) is 1. The fourth-order valence-corrected chi connectivity index (χ4v) is 3.29. The van der Waals surface area contributed by atoms with E-state index in [1.165, 1.54) is 11.1 Å². The molecule has 5 heteroatoms. The first-order valence-electron chi connectivity index (χ1n) is 8.75. The molecule has 132 valence electrons. The molecular weight excluding hydrogens is 314 g/mol. The molecule has 0 spiro atoms. The molecule has 1 fully saturated rings. The molecule has 1 amide bonds. The van der Waals surface area contributed by atoms with Gasteiger partial charge in [-0.25, -0.2) is 0 Å². The van der Waals surface area contributed by atoms with Gasteiger partial charge in [0.25, 0.3) is 0 Å². The lowest BCUT2D eigenvalue weighted by atomic mass is 10.0. The Balaban J connectivity index is 1.59. The first-order chi connectivity index (χ1) is 12.1. The van der Waals surface area contributed by atoms with E-state index in [2.05, 4.69) is 16.4 Å². The number of carbonyl (C=O) groups is 1. The minimum absolute atomic E-state index is 0.0381. The zero-order valence-corrected chi connectivity index (χ0v) is 14.9. The molecule has 2 heterocycles. The van der Waals surface area contributed by atoms with E-state index in [0.29, 0.717) is 19.6 Å². The van der Waals surface area contributed by atoms with E-state index in [1.54, 1.807) is 6.20 Å². The number of aryl methyl sites for hydroxylation is 2. The van der Waals surface area contributed by atoms with Gasteiger partial charge in [-0.3, -0.25) is 9.78 Å². The molecule has 3 rings (SSSR count). The number of nitrogens with zero attached hydrogens (tertiary/aromatic N) is 2. The summed E-state index contributed by atoms with van der Waals surface area (Å²) < 4.78 is 5.79. The van der Waals surface area contributed by atoms with E-state index in [4.69, 9.17) is 4.74 Å². The maximum absolute atomic E-state index is 12.7. The molecule has 1 N–H and O–H groups in total. The van der Waals surface area contributed by atoms with Gasteiger partial charge < -0.3 is 15.0 Å². The Hall–Kier alpha value is -2.40. The standard InChI is InChI=1S/C20H25N3O2/c1-15-10-16(2)12-18(11-15)25-9-5-20(24)23-8-7-22-14-19(23)17-4-3-6-21-13-17/h3-4,6,10-13,19,22H,5,7-9,14H2,1-2H3. The summed E-state index contributed by atoms with van der Waals surface area (Å²) in [6.45, 7) is 6.78. The topological polar surface area (TPSA) is 54.5 Å². The number of benzene rings is 1. The molecule has 1 saturated heterocycles. The van der Waals surface area contributed by atoms with E-state index in [0.717, 1.165) is 24.4 Å². The molecular formula is C20H25N3O2. The number of nitrogens with one attached hydrogen (secondary N) is 1. The highest BCUT2D eigenvalue weighted by atomic mass is 16.5. The lowest BCUT2D eigenvalue weighted by Crippen LogP contribution is -2.49. The summed E-state index contributed by atoms with van der Waals surface area (Å²) >= 11 is 0. The third-order valence-electron chi connectivity index (χ3n) is 4.41. The summed E-state index contributed by atoms with van der Waals surface area (Å²) in [5.41, 5.74) is 3.40. The molecule has 1 atom stereocenters. The van der Waals surface area contributed by atoms with Gasteiger partial charge in [-0.2, -0.15) is 0 Å². The van der Waals surface area contributed by atoms with Crippen LogP contribution in [0.1, 0.15) is 29.2 Å². The summed E-state index contributed by atoms with van der Waals surface area (Å²) in [7, 11) is 0. The molecule has 0 aliphatic carbocycles. The van der Waals surface area contributed by atoms with Crippen LogP contribution in [0.2, 0.25) is 0 Å². The van der Waals surface area contributed by atoms with Gasteiger partial charge in [0.15, 0.2) is 0 Å². The van der Waals surface area contributed by atoms with Gasteiger partial charge >= 0.3 is 0 Å². The van der Waals surface area contributed by atoms with Gasteiger partial charge in [0.2, 0.25) is 5.91 Å². The summed E-state index contributed by atoms with van der Waals surface area (Å²) in [6, 6.07) is 10.1. The van der Waals surface area contributed by atoms with Crippen LogP contribution in [0.3, 0.4) is 0 Å². The predicted octanol–water partition coefficient (Wildman–Crippen LogP) is 2.64. The molecule has 0 radical (unpaired) electrons. The molecule has 5 nitrogen and oxygen atoms in total. The second kappa shape index (κ2) is 8.12. The van der Waals surface area contributed by atoms with Crippen molar-refractivity contribution in [3.63, 3.8) is 0 Å². The van der Waals surface area contributed by atoms with E-state index < -0.39 is 0 Å². The third-order valence-corrected chi connectivity index (χ3v) is 4.41. The first-order valence-corrected chi connectivity index (χ1v) is 8.75. The van der Waals surface area contributed by atoms with Crippen molar-refractivity contribution in [2.45, 2.75) is 26.3 Å². The van der Waals surface area contributed by atoms with E-state index in [-0.39, 0.29) is 11.9 Å². The van der Waals surface area contributed by atoms with Crippen molar-refractivity contribution in [1.82, 2.24) is 15.2 Å². The van der Waals surface area contributed by atoms with Crippen LogP contribution in [0, 0.1) is 13.8 Å². The summed E-state index contributed by atoms with van der Waals surface area (Å²) in [4.78, 5) is 18.8. The van der Waals surface area contributed by atoms with Crippen LogP contribution in [0.15, 0.2) is 42.7 Å². The van der Waals surface area contributed by atoms with Crippen molar-refractivity contribution in [2.24, 2.45) is 0 Å². The van der Waals surface area contributed by atoms with Crippen molar-refractivity contribution in [2.75, 3.05) is 26.2 Å². The van der Waals surface area contributed by atoms with Crippen LogP contribution in [-0.4, -0.2) is 42.0 Å². The van der Waals surface area contributed by atoms with Crippen molar-refractivity contribution in [1.29, 1.82) is 0 Å². The summed E-state index contributed by atoms with van der Waals surface area (Å²) in [6.07, 6.45) is 3.97. The highest BCUT2D eigenvalue weighted by Crippen LogP contribution is 2.22. The molecule has 1 aromatic heterocycles. The lowest BCUT2D eigenvalue weighted by molar-refractivity contribution is -0.135. The second-order valence-electron chi connectivity index (χ2n) is 6.52. The molecule has 1 aromatic carbocycles. The second-order valence-corrected chi connectivity index (χ2v) is 6.52. The van der Waals surface area contributed by atoms with E-state index in [1.807, 2.05) is 49.2 Å². The van der Waals surface area contributed by atoms with Crippen LogP contribution >= 0.6 is 0 Å². The van der Waals surface area contributed by atoms with Crippen molar-refractivity contribution < 1.29 is 9.53 Å². The molecule has 1 aliphatic heterocycles. The third kappa shape index (κ3) is 4.57. The number of hydrogen-bond donors (Lipinski definition) is 1. The van der Waals surface area contributed by atoms with Crippen molar-refractivity contribution in [3.8, 4) is 5.75 Å². The van der Waals surface area contributed by atoms with Gasteiger partial charge in [0, 0.05) is 32.0 Å². The number of hydrogen-bond acceptors (Lipinski definition) is 4. The molecule has 0 bridgehead atoms. The largest absolute Gasteiger partial charge is 0.493 e. The van der Waals surface area contributed by atoms with Crippen LogP contribution in [0.4, 0.5) is 0 Å². The number of carbonyl (C=O) groups excluding carboxylic acids is 1. The predicted molar refractivity (Wildman–Crippen MR) is 97.6 cm³/mol. The molecule has 0 saturated carbocycles. The zero-order chi connectivity index (χ0) is 17.6. The number of piperazine rings is 1. The summed E-state index contributed by atoms with van der Waals surface area (Å²) in [5.74, 6) is 0.953. The Labute approximate surface area is 149 Å². The van der Waals surface area contributed by atoms with Gasteiger partial charge in [-0.1, -0.05) is 12.1 Å². The highest BCUT2D eigenvalue weighted by Gasteiger charge is 2.27. The van der Waals surface area contributed by atoms with Crippen LogP contribution < -0.4 is 10.1 Å². The monoisotopic (exact) mass is 339 g/mol. The number of amides is 1. The number of pyridine rings is 1. The molecule has 1 aliphatic rings. The molecule has 2 aromatic rings. The summed E-state index contributed by atoms with van der Waals surface area (Å²) in [5, 5.41) is 3.36. The average molecular weight is 339 g/mol. The van der Waals surface area contributed by atoms with Crippen LogP contribution in [0.5, 0.6) is 5.75 Å². The van der Waals surface area contributed by atoms with Gasteiger partial charge in [-0.15, -0.1) is 0 Å². The van der Waals surface area contributed by atoms with Crippen LogP contribution in [-0.2, 0) is 4.79 Å². The minimum atomic E-state index is 0.0381. The SMILES string of the molecule is Cc1cc(C)cc(OCCC(=O)N2CCNCC2c2cccnc2)c1. The fourth-order valence-electron chi connectivity index (χ4n) is 3.29. The minimum Gasteiger partial charge on any atom is -0.493 e. The van der Waals surface area contributed by atoms with E-state index >= 15 is 0 Å². The van der Waals surface area contributed by atoms with Gasteiger partial charge in [0.1, 0.15) is 5.75 Å². The zero-order valence-electron chi connectivity index (χ0n) is 14.9. The molecule has 25 heavy (non-hydrogen) atoms. The Bertz CT molecular complexity index is 698. The quantitative estimate of drug-likeness (QED) is 0.910. The smallest absolute Gasteiger partial charge is 0.226 e. The maximum atomic E-state index is 12.7. The average Bonchev–Trinajstić information content (AvgIpc) is 2.61. The lowest BCUT2D eigenvalue weighted by Gasteiger charge is -2.36. The Morgan fingerprint density at radius 3 is 2.84 bits per heavy atom.